The standard InChI is InChI=1S/C18H30F5NO2Si/c1-5-27(3,4)15-10-8-9-14(13-15)24(2)16(25)17(19,18(20,21)22)11-6-7-12-26-23/h5,14-15H,1,6-13H2,2-4H3. The molecule has 1 aliphatic carbocycles. The van der Waals surface area contributed by atoms with Gasteiger partial charge in [0, 0.05) is 13.1 Å². The highest BCUT2D eigenvalue weighted by Gasteiger charge is 2.62. The Balaban J connectivity index is 2.92. The minimum atomic E-state index is -5.32. The quantitative estimate of drug-likeness (QED) is 0.281. The Labute approximate surface area is 158 Å². The zero-order chi connectivity index (χ0) is 20.9. The number of carbonyl (C=O) groups excluding carboxylic acids is 1. The second-order valence-corrected chi connectivity index (χ2v) is 12.9. The molecular formula is C18H30F5NO2Si. The van der Waals surface area contributed by atoms with Gasteiger partial charge in [-0.05, 0) is 42.2 Å². The molecule has 0 aromatic rings. The molecule has 0 bridgehead atoms. The van der Waals surface area contributed by atoms with Crippen LogP contribution in [0.15, 0.2) is 12.3 Å². The third-order valence-electron chi connectivity index (χ3n) is 5.87. The van der Waals surface area contributed by atoms with Crippen molar-refractivity contribution in [2.24, 2.45) is 0 Å². The summed E-state index contributed by atoms with van der Waals surface area (Å²) in [7, 11) is -0.498. The molecule has 1 saturated carbocycles. The first-order chi connectivity index (χ1) is 12.4. The number of unbranched alkanes of at least 4 members (excludes halogenated alkanes) is 1. The van der Waals surface area contributed by atoms with Crippen LogP contribution in [0.25, 0.3) is 0 Å². The third kappa shape index (κ3) is 5.76. The average molecular weight is 416 g/mol. The van der Waals surface area contributed by atoms with Gasteiger partial charge in [0.25, 0.3) is 11.6 Å². The van der Waals surface area contributed by atoms with Crippen molar-refractivity contribution in [3.05, 3.63) is 12.3 Å². The number of hydrogen-bond donors (Lipinski definition) is 0. The van der Waals surface area contributed by atoms with Crippen molar-refractivity contribution in [1.29, 1.82) is 0 Å². The predicted octanol–water partition coefficient (Wildman–Crippen LogP) is 5.53. The molecule has 3 unspecified atom stereocenters. The van der Waals surface area contributed by atoms with Crippen molar-refractivity contribution in [2.75, 3.05) is 13.7 Å². The van der Waals surface area contributed by atoms with Crippen LogP contribution in [0, 0.1) is 0 Å². The van der Waals surface area contributed by atoms with Crippen molar-refractivity contribution < 1.29 is 31.8 Å². The molecule has 3 nitrogen and oxygen atoms in total. The van der Waals surface area contributed by atoms with Crippen LogP contribution in [0.5, 0.6) is 0 Å². The Bertz CT molecular complexity index is 514. The second-order valence-electron chi connectivity index (χ2n) is 8.03. The van der Waals surface area contributed by atoms with Gasteiger partial charge in [0.2, 0.25) is 0 Å². The maximum atomic E-state index is 14.9. The van der Waals surface area contributed by atoms with Crippen molar-refractivity contribution in [3.63, 3.8) is 0 Å². The summed E-state index contributed by atoms with van der Waals surface area (Å²) in [5.41, 5.74) is -1.72. The molecule has 0 heterocycles. The Morgan fingerprint density at radius 2 is 1.89 bits per heavy atom. The van der Waals surface area contributed by atoms with Crippen LogP contribution in [-0.2, 0) is 9.74 Å². The second kappa shape index (κ2) is 9.49. The van der Waals surface area contributed by atoms with E-state index in [0.29, 0.717) is 18.4 Å². The van der Waals surface area contributed by atoms with E-state index in [2.05, 4.69) is 24.6 Å². The van der Waals surface area contributed by atoms with E-state index < -0.39 is 44.9 Å². The van der Waals surface area contributed by atoms with Crippen LogP contribution in [0.4, 0.5) is 22.1 Å². The molecule has 1 rings (SSSR count). The van der Waals surface area contributed by atoms with E-state index in [9.17, 15) is 26.9 Å². The summed E-state index contributed by atoms with van der Waals surface area (Å²) in [5, 5.41) is 0. The van der Waals surface area contributed by atoms with Crippen LogP contribution >= 0.6 is 0 Å². The summed E-state index contributed by atoms with van der Waals surface area (Å²) in [6.07, 6.45) is -3.89. The summed E-state index contributed by atoms with van der Waals surface area (Å²) < 4.78 is 66.6. The lowest BCUT2D eigenvalue weighted by molar-refractivity contribution is -0.235. The van der Waals surface area contributed by atoms with Gasteiger partial charge in [0.15, 0.2) is 0 Å². The van der Waals surface area contributed by atoms with Crippen molar-refractivity contribution in [1.82, 2.24) is 4.90 Å². The van der Waals surface area contributed by atoms with E-state index >= 15 is 0 Å². The lowest BCUT2D eigenvalue weighted by Gasteiger charge is -2.42. The first kappa shape index (κ1) is 24.1. The molecule has 0 radical (unpaired) electrons. The van der Waals surface area contributed by atoms with Gasteiger partial charge in [-0.25, -0.2) is 4.39 Å². The Morgan fingerprint density at radius 3 is 2.41 bits per heavy atom. The Morgan fingerprint density at radius 1 is 1.26 bits per heavy atom. The lowest BCUT2D eigenvalue weighted by atomic mass is 9.90. The van der Waals surface area contributed by atoms with Gasteiger partial charge in [0.1, 0.15) is 0 Å². The number of nitrogens with zero attached hydrogens (tertiary/aromatic N) is 1. The average Bonchev–Trinajstić information content (AvgIpc) is 2.63. The summed E-state index contributed by atoms with van der Waals surface area (Å²) in [4.78, 5) is 16.8. The van der Waals surface area contributed by atoms with Gasteiger partial charge in [-0.1, -0.05) is 25.9 Å². The molecule has 1 fully saturated rings. The van der Waals surface area contributed by atoms with Gasteiger partial charge in [0.05, 0.1) is 14.7 Å². The van der Waals surface area contributed by atoms with Crippen LogP contribution in [0.2, 0.25) is 18.6 Å². The number of alkyl halides is 4. The monoisotopic (exact) mass is 415 g/mol. The van der Waals surface area contributed by atoms with Crippen LogP contribution in [-0.4, -0.2) is 50.4 Å². The first-order valence-corrected chi connectivity index (χ1v) is 12.5. The third-order valence-corrected chi connectivity index (χ3v) is 9.55. The van der Waals surface area contributed by atoms with Crippen molar-refractivity contribution in [3.8, 4) is 0 Å². The summed E-state index contributed by atoms with van der Waals surface area (Å²) >= 11 is 0. The van der Waals surface area contributed by atoms with Gasteiger partial charge in [-0.2, -0.15) is 18.1 Å². The van der Waals surface area contributed by atoms with E-state index in [1.807, 2.05) is 5.70 Å². The first-order valence-electron chi connectivity index (χ1n) is 9.30. The SMILES string of the molecule is C=C[Si](C)(C)C1CCCC(N(C)C(=O)C(F)(CCCCOF)C(F)(F)F)C1. The van der Waals surface area contributed by atoms with Crippen LogP contribution in [0.1, 0.15) is 44.9 Å². The summed E-state index contributed by atoms with van der Waals surface area (Å²) in [5.74, 6) is -1.56. The molecule has 1 aliphatic rings. The molecule has 158 valence electrons. The number of halogens is 5. The minimum Gasteiger partial charge on any atom is -0.340 e. The van der Waals surface area contributed by atoms with Gasteiger partial charge >= 0.3 is 6.18 Å². The van der Waals surface area contributed by atoms with E-state index in [1.165, 1.54) is 7.05 Å². The lowest BCUT2D eigenvalue weighted by Crippen LogP contribution is -2.57. The normalized spacial score (nSPS) is 23.6. The fourth-order valence-electron chi connectivity index (χ4n) is 3.70. The molecule has 27 heavy (non-hydrogen) atoms. The zero-order valence-electron chi connectivity index (χ0n) is 16.2. The van der Waals surface area contributed by atoms with E-state index in [1.54, 1.807) is 0 Å². The fourth-order valence-corrected chi connectivity index (χ4v) is 5.86. The zero-order valence-corrected chi connectivity index (χ0v) is 17.2. The molecular weight excluding hydrogens is 385 g/mol. The van der Waals surface area contributed by atoms with Crippen molar-refractivity contribution >= 4 is 14.0 Å². The van der Waals surface area contributed by atoms with E-state index in [0.717, 1.165) is 17.7 Å². The van der Waals surface area contributed by atoms with Crippen molar-refractivity contribution in [2.45, 2.75) is 81.5 Å². The van der Waals surface area contributed by atoms with E-state index in [4.69, 9.17) is 0 Å². The highest BCUT2D eigenvalue weighted by Crippen LogP contribution is 2.43. The smallest absolute Gasteiger partial charge is 0.340 e. The largest absolute Gasteiger partial charge is 0.431 e. The number of hydrogen-bond acceptors (Lipinski definition) is 2. The summed E-state index contributed by atoms with van der Waals surface area (Å²) in [6, 6.07) is -0.422. The molecule has 0 aromatic heterocycles. The number of rotatable bonds is 9. The highest BCUT2D eigenvalue weighted by molar-refractivity contribution is 6.83. The molecule has 0 saturated heterocycles. The minimum absolute atomic E-state index is 0.0974. The number of amides is 1. The van der Waals surface area contributed by atoms with Gasteiger partial charge in [-0.15, -0.1) is 12.3 Å². The molecule has 1 amide bonds. The van der Waals surface area contributed by atoms with Crippen LogP contribution < -0.4 is 0 Å². The van der Waals surface area contributed by atoms with Gasteiger partial charge < -0.3 is 4.90 Å². The Hall–Kier alpha value is -0.963. The van der Waals surface area contributed by atoms with Crippen LogP contribution in [0.3, 0.4) is 0 Å². The molecule has 9 heteroatoms. The fraction of sp³-hybridized carbons (Fsp3) is 0.833. The number of carbonyl (C=O) groups is 1. The topological polar surface area (TPSA) is 29.5 Å². The molecule has 0 N–H and O–H groups in total. The molecule has 3 atom stereocenters. The molecule has 0 aliphatic heterocycles. The van der Waals surface area contributed by atoms with E-state index in [-0.39, 0.29) is 12.8 Å². The maximum Gasteiger partial charge on any atom is 0.431 e. The Kier molecular flexibility index (Phi) is 8.46. The van der Waals surface area contributed by atoms with Gasteiger partial charge in [-0.3, -0.25) is 4.79 Å². The molecule has 0 spiro atoms. The highest BCUT2D eigenvalue weighted by atomic mass is 28.3. The maximum absolute atomic E-state index is 14.9. The molecule has 0 aromatic carbocycles. The predicted molar refractivity (Wildman–Crippen MR) is 97.3 cm³/mol. The summed E-state index contributed by atoms with van der Waals surface area (Å²) in [6.45, 7) is 7.71.